The van der Waals surface area contributed by atoms with Gasteiger partial charge >= 0.3 is 0 Å². The van der Waals surface area contributed by atoms with Crippen LogP contribution in [0.25, 0.3) is 15.2 Å². The molecular weight excluding hydrogens is 388 g/mol. The van der Waals surface area contributed by atoms with E-state index >= 15 is 0 Å². The van der Waals surface area contributed by atoms with E-state index in [-0.39, 0.29) is 11.9 Å². The van der Waals surface area contributed by atoms with Crippen molar-refractivity contribution in [2.45, 2.75) is 31.0 Å². The predicted molar refractivity (Wildman–Crippen MR) is 114 cm³/mol. The second kappa shape index (κ2) is 7.22. The number of carbonyl (C=O) groups is 1. The lowest BCUT2D eigenvalue weighted by Gasteiger charge is -2.19. The molecule has 2 heterocycles. The van der Waals surface area contributed by atoms with Crippen molar-refractivity contribution in [3.05, 3.63) is 59.7 Å². The lowest BCUT2D eigenvalue weighted by molar-refractivity contribution is -0.119. The Morgan fingerprint density at radius 1 is 1.21 bits per heavy atom. The molecule has 142 valence electrons. The van der Waals surface area contributed by atoms with Crippen molar-refractivity contribution in [3.8, 4) is 0 Å². The molecule has 5 rings (SSSR count). The maximum Gasteiger partial charge on any atom is 0.230 e. The molecule has 28 heavy (non-hydrogen) atoms. The van der Waals surface area contributed by atoms with Gasteiger partial charge in [0, 0.05) is 0 Å². The third-order valence-electron chi connectivity index (χ3n) is 5.09. The maximum absolute atomic E-state index is 12.7. The average Bonchev–Trinajstić information content (AvgIpc) is 3.37. The summed E-state index contributed by atoms with van der Waals surface area (Å²) in [7, 11) is 0. The number of benzene rings is 2. The van der Waals surface area contributed by atoms with Gasteiger partial charge in [0.2, 0.25) is 10.9 Å². The normalized spacial score (nSPS) is 15.2. The fourth-order valence-corrected chi connectivity index (χ4v) is 5.25. The molecule has 1 saturated carbocycles. The third-order valence-corrected chi connectivity index (χ3v) is 7.03. The van der Waals surface area contributed by atoms with Crippen LogP contribution in [0.3, 0.4) is 0 Å². The van der Waals surface area contributed by atoms with E-state index in [0.717, 1.165) is 15.6 Å². The standard InChI is InChI=1S/C21H20N4OS2/c1-13-6-8-14(9-7-13)19(15-10-11-15)22-18(26)12-27-20-23-24-21-25(20)16-4-2-3-5-17(16)28-21/h2-9,15,19H,10-12H2,1H3,(H,22,26). The zero-order valence-electron chi connectivity index (χ0n) is 15.5. The number of nitrogens with one attached hydrogen (secondary N) is 1. The summed E-state index contributed by atoms with van der Waals surface area (Å²) in [4.78, 5) is 13.5. The highest BCUT2D eigenvalue weighted by Crippen LogP contribution is 2.41. The molecule has 1 atom stereocenters. The van der Waals surface area contributed by atoms with Gasteiger partial charge < -0.3 is 5.32 Å². The quantitative estimate of drug-likeness (QED) is 0.473. The van der Waals surface area contributed by atoms with E-state index in [0.29, 0.717) is 11.7 Å². The summed E-state index contributed by atoms with van der Waals surface area (Å²) in [6.07, 6.45) is 2.36. The Kier molecular flexibility index (Phi) is 4.56. The van der Waals surface area contributed by atoms with E-state index in [4.69, 9.17) is 0 Å². The summed E-state index contributed by atoms with van der Waals surface area (Å²) in [6.45, 7) is 2.08. The Bertz CT molecular complexity index is 1140. The monoisotopic (exact) mass is 408 g/mol. The Morgan fingerprint density at radius 2 is 2.00 bits per heavy atom. The van der Waals surface area contributed by atoms with Crippen LogP contribution in [0.1, 0.15) is 30.0 Å². The van der Waals surface area contributed by atoms with Crippen LogP contribution in [0.4, 0.5) is 0 Å². The largest absolute Gasteiger partial charge is 0.348 e. The highest BCUT2D eigenvalue weighted by atomic mass is 32.2. The van der Waals surface area contributed by atoms with Crippen molar-refractivity contribution < 1.29 is 4.79 Å². The molecule has 1 fully saturated rings. The Labute approximate surface area is 171 Å². The molecule has 2 aromatic carbocycles. The lowest BCUT2D eigenvalue weighted by Crippen LogP contribution is -2.31. The second-order valence-electron chi connectivity index (χ2n) is 7.25. The molecule has 1 aliphatic carbocycles. The Balaban J connectivity index is 1.30. The SMILES string of the molecule is Cc1ccc(C(NC(=O)CSc2nnc3sc4ccccc4n23)C2CC2)cc1. The van der Waals surface area contributed by atoms with Crippen LogP contribution in [0, 0.1) is 12.8 Å². The molecule has 2 aromatic heterocycles. The van der Waals surface area contributed by atoms with Gasteiger partial charge in [0.25, 0.3) is 0 Å². The molecule has 0 aliphatic heterocycles. The van der Waals surface area contributed by atoms with Gasteiger partial charge in [-0.2, -0.15) is 0 Å². The first-order valence-electron chi connectivity index (χ1n) is 9.40. The number of hydrogen-bond donors (Lipinski definition) is 1. The van der Waals surface area contributed by atoms with Crippen LogP contribution < -0.4 is 5.32 Å². The number of thiazole rings is 1. The van der Waals surface area contributed by atoms with Gasteiger partial charge in [-0.05, 0) is 43.4 Å². The van der Waals surface area contributed by atoms with Crippen LogP contribution in [-0.2, 0) is 4.79 Å². The average molecular weight is 409 g/mol. The summed E-state index contributed by atoms with van der Waals surface area (Å²) >= 11 is 3.05. The summed E-state index contributed by atoms with van der Waals surface area (Å²) in [5, 5.41) is 12.6. The van der Waals surface area contributed by atoms with Crippen LogP contribution in [0.15, 0.2) is 53.7 Å². The highest BCUT2D eigenvalue weighted by Gasteiger charge is 2.33. The fourth-order valence-electron chi connectivity index (χ4n) is 3.47. The third kappa shape index (κ3) is 3.40. The van der Waals surface area contributed by atoms with Gasteiger partial charge in [-0.15, -0.1) is 10.2 Å². The van der Waals surface area contributed by atoms with Gasteiger partial charge in [-0.3, -0.25) is 9.20 Å². The molecule has 1 aliphatic rings. The number of aryl methyl sites for hydroxylation is 1. The minimum atomic E-state index is 0.0405. The molecule has 0 bridgehead atoms. The van der Waals surface area contributed by atoms with Crippen LogP contribution in [0.5, 0.6) is 0 Å². The summed E-state index contributed by atoms with van der Waals surface area (Å²) in [5.41, 5.74) is 3.52. The molecule has 4 aromatic rings. The molecule has 1 unspecified atom stereocenters. The molecule has 0 radical (unpaired) electrons. The fraction of sp³-hybridized carbons (Fsp3) is 0.286. The number of aromatic nitrogens is 3. The summed E-state index contributed by atoms with van der Waals surface area (Å²) in [5.74, 6) is 0.927. The van der Waals surface area contributed by atoms with E-state index in [1.165, 1.54) is 40.4 Å². The van der Waals surface area contributed by atoms with Crippen molar-refractivity contribution in [2.24, 2.45) is 5.92 Å². The van der Waals surface area contributed by atoms with Crippen molar-refractivity contribution in [3.63, 3.8) is 0 Å². The molecular formula is C21H20N4OS2. The van der Waals surface area contributed by atoms with E-state index in [2.05, 4.69) is 58.8 Å². The van der Waals surface area contributed by atoms with Crippen molar-refractivity contribution >= 4 is 44.2 Å². The second-order valence-corrected chi connectivity index (χ2v) is 9.20. The van der Waals surface area contributed by atoms with Crippen LogP contribution in [0.2, 0.25) is 0 Å². The number of carbonyl (C=O) groups excluding carboxylic acids is 1. The summed E-state index contributed by atoms with van der Waals surface area (Å²) in [6, 6.07) is 16.8. The van der Waals surface area contributed by atoms with Gasteiger partial charge in [0.1, 0.15) is 0 Å². The Morgan fingerprint density at radius 3 is 2.79 bits per heavy atom. The molecule has 0 saturated heterocycles. The molecule has 1 N–H and O–H groups in total. The number of rotatable bonds is 6. The number of fused-ring (bicyclic) bond motifs is 3. The molecule has 5 nitrogen and oxygen atoms in total. The molecule has 0 spiro atoms. The number of thioether (sulfide) groups is 1. The first kappa shape index (κ1) is 17.7. The van der Waals surface area contributed by atoms with Crippen LogP contribution in [-0.4, -0.2) is 26.3 Å². The van der Waals surface area contributed by atoms with Crippen molar-refractivity contribution in [2.75, 3.05) is 5.75 Å². The van der Waals surface area contributed by atoms with E-state index in [1.54, 1.807) is 11.3 Å². The Hall–Kier alpha value is -2.38. The number of amides is 1. The molecule has 1 amide bonds. The first-order chi connectivity index (χ1) is 13.7. The van der Waals surface area contributed by atoms with E-state index in [1.807, 2.05) is 16.5 Å². The minimum absolute atomic E-state index is 0.0405. The predicted octanol–water partition coefficient (Wildman–Crippen LogP) is 4.61. The van der Waals surface area contributed by atoms with E-state index < -0.39 is 0 Å². The lowest BCUT2D eigenvalue weighted by atomic mass is 10.0. The highest BCUT2D eigenvalue weighted by molar-refractivity contribution is 7.99. The van der Waals surface area contributed by atoms with E-state index in [9.17, 15) is 4.79 Å². The zero-order chi connectivity index (χ0) is 19.1. The zero-order valence-corrected chi connectivity index (χ0v) is 17.1. The number of nitrogens with zero attached hydrogens (tertiary/aromatic N) is 3. The maximum atomic E-state index is 12.7. The van der Waals surface area contributed by atoms with Crippen molar-refractivity contribution in [1.29, 1.82) is 0 Å². The van der Waals surface area contributed by atoms with Gasteiger partial charge in [0.15, 0.2) is 5.16 Å². The summed E-state index contributed by atoms with van der Waals surface area (Å²) < 4.78 is 3.21. The minimum Gasteiger partial charge on any atom is -0.348 e. The number of para-hydroxylation sites is 1. The molecule has 7 heteroatoms. The number of hydrogen-bond acceptors (Lipinski definition) is 5. The van der Waals surface area contributed by atoms with Crippen molar-refractivity contribution in [1.82, 2.24) is 19.9 Å². The van der Waals surface area contributed by atoms with Gasteiger partial charge in [0.05, 0.1) is 22.0 Å². The topological polar surface area (TPSA) is 59.3 Å². The van der Waals surface area contributed by atoms with Crippen LogP contribution >= 0.6 is 23.1 Å². The smallest absolute Gasteiger partial charge is 0.230 e. The first-order valence-corrected chi connectivity index (χ1v) is 11.2. The van der Waals surface area contributed by atoms with Gasteiger partial charge in [-0.25, -0.2) is 0 Å². The van der Waals surface area contributed by atoms with Gasteiger partial charge in [-0.1, -0.05) is 65.1 Å².